The Bertz CT molecular complexity index is 488. The summed E-state index contributed by atoms with van der Waals surface area (Å²) >= 11 is 3.31. The van der Waals surface area contributed by atoms with E-state index in [1.807, 2.05) is 0 Å². The number of hydrogen-bond donors (Lipinski definition) is 1. The molecule has 0 saturated heterocycles. The number of imide groups is 1. The van der Waals surface area contributed by atoms with Crippen LogP contribution >= 0.6 is 15.9 Å². The average molecular weight is 311 g/mol. The Balaban J connectivity index is 2.08. The third-order valence-electron chi connectivity index (χ3n) is 2.87. The third kappa shape index (κ3) is 2.47. The molecule has 1 N–H and O–H groups in total. The van der Waals surface area contributed by atoms with Crippen LogP contribution in [0, 0.1) is 0 Å². The number of nitrogens with zero attached hydrogens (tertiary/aromatic N) is 1. The van der Waals surface area contributed by atoms with E-state index >= 15 is 0 Å². The number of halogens is 1. The van der Waals surface area contributed by atoms with Crippen LogP contribution in [-0.2, 0) is 0 Å². The Labute approximate surface area is 114 Å². The fraction of sp³-hybridized carbons (Fsp3) is 0.385. The first-order valence-corrected chi connectivity index (χ1v) is 6.81. The number of benzene rings is 1. The molecule has 0 atom stereocenters. The van der Waals surface area contributed by atoms with E-state index in [2.05, 4.69) is 28.2 Å². The SMILES string of the molecule is CCCNCCN1C(=O)c2ccc(Br)cc2C1=O. The molecule has 4 nitrogen and oxygen atoms in total. The fourth-order valence-corrected chi connectivity index (χ4v) is 2.32. The van der Waals surface area contributed by atoms with E-state index in [1.165, 1.54) is 4.90 Å². The highest BCUT2D eigenvalue weighted by Crippen LogP contribution is 2.25. The molecule has 1 aliphatic heterocycles. The van der Waals surface area contributed by atoms with Crippen LogP contribution < -0.4 is 5.32 Å². The lowest BCUT2D eigenvalue weighted by atomic mass is 10.1. The van der Waals surface area contributed by atoms with Crippen molar-refractivity contribution in [1.82, 2.24) is 10.2 Å². The average Bonchev–Trinajstić information content (AvgIpc) is 2.59. The van der Waals surface area contributed by atoms with Gasteiger partial charge in [-0.25, -0.2) is 0 Å². The molecule has 1 aromatic carbocycles. The smallest absolute Gasteiger partial charge is 0.261 e. The van der Waals surface area contributed by atoms with Crippen molar-refractivity contribution >= 4 is 27.7 Å². The summed E-state index contributed by atoms with van der Waals surface area (Å²) in [5.74, 6) is -0.393. The summed E-state index contributed by atoms with van der Waals surface area (Å²) in [4.78, 5) is 25.4. The molecule has 18 heavy (non-hydrogen) atoms. The molecular formula is C13H15BrN2O2. The molecule has 0 spiro atoms. The van der Waals surface area contributed by atoms with Crippen LogP contribution in [0.4, 0.5) is 0 Å². The second kappa shape index (κ2) is 5.63. The first-order valence-electron chi connectivity index (χ1n) is 6.01. The van der Waals surface area contributed by atoms with E-state index in [4.69, 9.17) is 0 Å². The number of amides is 2. The maximum atomic E-state index is 12.1. The molecule has 0 fully saturated rings. The monoisotopic (exact) mass is 310 g/mol. The molecule has 0 bridgehead atoms. The van der Waals surface area contributed by atoms with Crippen molar-refractivity contribution in [2.45, 2.75) is 13.3 Å². The lowest BCUT2D eigenvalue weighted by molar-refractivity contribution is 0.0655. The second-order valence-corrected chi connectivity index (χ2v) is 5.12. The first kappa shape index (κ1) is 13.2. The van der Waals surface area contributed by atoms with Gasteiger partial charge >= 0.3 is 0 Å². The molecule has 0 radical (unpaired) electrons. The highest BCUT2D eigenvalue weighted by atomic mass is 79.9. The van der Waals surface area contributed by atoms with Crippen molar-refractivity contribution in [2.24, 2.45) is 0 Å². The Morgan fingerprint density at radius 3 is 2.61 bits per heavy atom. The number of carbonyl (C=O) groups is 2. The zero-order valence-corrected chi connectivity index (χ0v) is 11.8. The molecule has 0 saturated carbocycles. The van der Waals surface area contributed by atoms with Crippen molar-refractivity contribution in [2.75, 3.05) is 19.6 Å². The van der Waals surface area contributed by atoms with E-state index in [0.717, 1.165) is 17.4 Å². The summed E-state index contributed by atoms with van der Waals surface area (Å²) in [5, 5.41) is 3.19. The molecule has 96 valence electrons. The topological polar surface area (TPSA) is 49.4 Å². The highest BCUT2D eigenvalue weighted by molar-refractivity contribution is 9.10. The lowest BCUT2D eigenvalue weighted by Gasteiger charge is -2.13. The summed E-state index contributed by atoms with van der Waals surface area (Å²) in [6.45, 7) is 4.03. The zero-order chi connectivity index (χ0) is 13.1. The predicted octanol–water partition coefficient (Wildman–Crippen LogP) is 2.04. The van der Waals surface area contributed by atoms with Gasteiger partial charge in [0.25, 0.3) is 11.8 Å². The van der Waals surface area contributed by atoms with E-state index in [-0.39, 0.29) is 11.8 Å². The summed E-state index contributed by atoms with van der Waals surface area (Å²) in [6.07, 6.45) is 1.04. The number of nitrogens with one attached hydrogen (secondary N) is 1. The van der Waals surface area contributed by atoms with Crippen molar-refractivity contribution in [3.05, 3.63) is 33.8 Å². The van der Waals surface area contributed by atoms with Gasteiger partial charge in [0, 0.05) is 17.6 Å². The summed E-state index contributed by atoms with van der Waals surface area (Å²) in [7, 11) is 0. The lowest BCUT2D eigenvalue weighted by Crippen LogP contribution is -2.36. The van der Waals surface area contributed by atoms with Crippen LogP contribution in [0.15, 0.2) is 22.7 Å². The molecule has 2 amide bonds. The van der Waals surface area contributed by atoms with Crippen LogP contribution in [0.25, 0.3) is 0 Å². The third-order valence-corrected chi connectivity index (χ3v) is 3.36. The van der Waals surface area contributed by atoms with Gasteiger partial charge in [0.1, 0.15) is 0 Å². The van der Waals surface area contributed by atoms with E-state index in [9.17, 15) is 9.59 Å². The number of carbonyl (C=O) groups excluding carboxylic acids is 2. The normalized spacial score (nSPS) is 14.2. The van der Waals surface area contributed by atoms with Gasteiger partial charge < -0.3 is 5.32 Å². The number of rotatable bonds is 5. The van der Waals surface area contributed by atoms with Crippen LogP contribution in [0.2, 0.25) is 0 Å². The van der Waals surface area contributed by atoms with E-state index < -0.39 is 0 Å². The molecule has 1 heterocycles. The quantitative estimate of drug-likeness (QED) is 0.669. The Morgan fingerprint density at radius 2 is 1.89 bits per heavy atom. The van der Waals surface area contributed by atoms with Crippen LogP contribution in [0.1, 0.15) is 34.1 Å². The zero-order valence-electron chi connectivity index (χ0n) is 10.2. The van der Waals surface area contributed by atoms with E-state index in [1.54, 1.807) is 18.2 Å². The molecular weight excluding hydrogens is 296 g/mol. The molecule has 5 heteroatoms. The van der Waals surface area contributed by atoms with Crippen molar-refractivity contribution < 1.29 is 9.59 Å². The molecule has 1 aliphatic rings. The predicted molar refractivity (Wildman–Crippen MR) is 72.7 cm³/mol. The molecule has 0 unspecified atom stereocenters. The van der Waals surface area contributed by atoms with Gasteiger partial charge in [-0.15, -0.1) is 0 Å². The van der Waals surface area contributed by atoms with Gasteiger partial charge in [-0.05, 0) is 31.2 Å². The van der Waals surface area contributed by atoms with Gasteiger partial charge in [0.2, 0.25) is 0 Å². The van der Waals surface area contributed by atoms with Crippen molar-refractivity contribution in [3.63, 3.8) is 0 Å². The first-order chi connectivity index (χ1) is 8.65. The van der Waals surface area contributed by atoms with Crippen molar-refractivity contribution in [1.29, 1.82) is 0 Å². The molecule has 0 aromatic heterocycles. The summed E-state index contributed by atoms with van der Waals surface area (Å²) < 4.78 is 0.813. The maximum absolute atomic E-state index is 12.1. The van der Waals surface area contributed by atoms with Crippen LogP contribution in [0.3, 0.4) is 0 Å². The highest BCUT2D eigenvalue weighted by Gasteiger charge is 2.34. The van der Waals surface area contributed by atoms with Gasteiger partial charge in [-0.2, -0.15) is 0 Å². The van der Waals surface area contributed by atoms with Gasteiger partial charge in [-0.1, -0.05) is 22.9 Å². The fourth-order valence-electron chi connectivity index (χ4n) is 1.96. The molecule has 1 aromatic rings. The molecule has 2 rings (SSSR count). The van der Waals surface area contributed by atoms with E-state index in [0.29, 0.717) is 24.2 Å². The van der Waals surface area contributed by atoms with Gasteiger partial charge in [0.15, 0.2) is 0 Å². The standard InChI is InChI=1S/C13H15BrN2O2/c1-2-5-15-6-7-16-12(17)10-4-3-9(14)8-11(10)13(16)18/h3-4,8,15H,2,5-7H2,1H3. The Hall–Kier alpha value is -1.20. The van der Waals surface area contributed by atoms with Gasteiger partial charge in [-0.3, -0.25) is 14.5 Å². The maximum Gasteiger partial charge on any atom is 0.261 e. The Kier molecular flexibility index (Phi) is 4.14. The summed E-state index contributed by atoms with van der Waals surface area (Å²) in [6, 6.07) is 5.18. The molecule has 0 aliphatic carbocycles. The number of hydrogen-bond acceptors (Lipinski definition) is 3. The number of fused-ring (bicyclic) bond motifs is 1. The van der Waals surface area contributed by atoms with Crippen molar-refractivity contribution in [3.8, 4) is 0 Å². The van der Waals surface area contributed by atoms with Crippen LogP contribution in [-0.4, -0.2) is 36.3 Å². The minimum absolute atomic E-state index is 0.194. The minimum atomic E-state index is -0.199. The largest absolute Gasteiger partial charge is 0.315 e. The van der Waals surface area contributed by atoms with Crippen LogP contribution in [0.5, 0.6) is 0 Å². The summed E-state index contributed by atoms with van der Waals surface area (Å²) in [5.41, 5.74) is 0.989. The van der Waals surface area contributed by atoms with Gasteiger partial charge in [0.05, 0.1) is 11.1 Å². The second-order valence-electron chi connectivity index (χ2n) is 4.20. The Morgan fingerprint density at radius 1 is 1.17 bits per heavy atom. The minimum Gasteiger partial charge on any atom is -0.315 e.